The molecule has 0 amide bonds. The highest BCUT2D eigenvalue weighted by molar-refractivity contribution is 5.51. The highest BCUT2D eigenvalue weighted by Crippen LogP contribution is 2.36. The summed E-state index contributed by atoms with van der Waals surface area (Å²) in [5.41, 5.74) is 0. The van der Waals surface area contributed by atoms with E-state index in [0.717, 1.165) is 0 Å². The van der Waals surface area contributed by atoms with E-state index < -0.39 is 0 Å². The zero-order valence-corrected chi connectivity index (χ0v) is 8.24. The van der Waals surface area contributed by atoms with E-state index in [2.05, 4.69) is 5.92 Å². The van der Waals surface area contributed by atoms with Crippen molar-refractivity contribution in [3.05, 3.63) is 18.2 Å². The van der Waals surface area contributed by atoms with Gasteiger partial charge in [-0.2, -0.15) is 0 Å². The Morgan fingerprint density at radius 1 is 1.21 bits per heavy atom. The highest BCUT2D eigenvalue weighted by atomic mass is 16.5. The molecular weight excluding hydrogens is 180 g/mol. The number of hydrogen-bond acceptors (Lipinski definition) is 3. The summed E-state index contributed by atoms with van der Waals surface area (Å²) in [6.45, 7) is 0.191. The lowest BCUT2D eigenvalue weighted by Gasteiger charge is -2.11. The quantitative estimate of drug-likeness (QED) is 0.680. The fourth-order valence-electron chi connectivity index (χ4n) is 1.07. The van der Waals surface area contributed by atoms with E-state index in [1.54, 1.807) is 26.4 Å². The van der Waals surface area contributed by atoms with Crippen molar-refractivity contribution in [1.29, 1.82) is 0 Å². The lowest BCUT2D eigenvalue weighted by atomic mass is 10.3. The fraction of sp³-hybridized carbons (Fsp3) is 0.273. The number of rotatable bonds is 4. The van der Waals surface area contributed by atoms with Crippen LogP contribution >= 0.6 is 0 Å². The lowest BCUT2D eigenvalue weighted by molar-refractivity contribution is 0.304. The van der Waals surface area contributed by atoms with Gasteiger partial charge in [-0.05, 0) is 12.1 Å². The number of hydrogen-bond donors (Lipinski definition) is 0. The van der Waals surface area contributed by atoms with Crippen molar-refractivity contribution in [2.45, 2.75) is 0 Å². The van der Waals surface area contributed by atoms with Crippen molar-refractivity contribution in [2.75, 3.05) is 20.8 Å². The predicted octanol–water partition coefficient (Wildman–Crippen LogP) is 1.72. The third-order valence-electron chi connectivity index (χ3n) is 1.68. The second-order valence-corrected chi connectivity index (χ2v) is 2.48. The van der Waals surface area contributed by atoms with Crippen LogP contribution < -0.4 is 14.2 Å². The molecule has 0 bridgehead atoms. The first kappa shape index (κ1) is 10.3. The topological polar surface area (TPSA) is 27.7 Å². The van der Waals surface area contributed by atoms with Gasteiger partial charge in [0.25, 0.3) is 0 Å². The summed E-state index contributed by atoms with van der Waals surface area (Å²) in [7, 11) is 3.13. The molecule has 0 radical (unpaired) electrons. The smallest absolute Gasteiger partial charge is 0.204 e. The van der Waals surface area contributed by atoms with Crippen LogP contribution in [0.15, 0.2) is 18.2 Å². The molecule has 3 nitrogen and oxygen atoms in total. The first-order valence-corrected chi connectivity index (χ1v) is 4.10. The summed E-state index contributed by atoms with van der Waals surface area (Å²) < 4.78 is 15.5. The number of para-hydroxylation sites is 1. The Morgan fingerprint density at radius 2 is 1.79 bits per heavy atom. The van der Waals surface area contributed by atoms with Crippen LogP contribution in [0.25, 0.3) is 0 Å². The molecule has 0 aliphatic rings. The van der Waals surface area contributed by atoms with Crippen LogP contribution in [0.3, 0.4) is 0 Å². The molecule has 0 heterocycles. The normalized spacial score (nSPS) is 8.93. The van der Waals surface area contributed by atoms with Crippen molar-refractivity contribution < 1.29 is 14.2 Å². The SMILES string of the molecule is C#CCOc1c(OC)cccc1OC. The van der Waals surface area contributed by atoms with Gasteiger partial charge in [-0.3, -0.25) is 0 Å². The van der Waals surface area contributed by atoms with Crippen molar-refractivity contribution in [1.82, 2.24) is 0 Å². The predicted molar refractivity (Wildman–Crippen MR) is 53.9 cm³/mol. The lowest BCUT2D eigenvalue weighted by Crippen LogP contribution is -1.99. The molecule has 0 aliphatic heterocycles. The highest BCUT2D eigenvalue weighted by Gasteiger charge is 2.09. The summed E-state index contributed by atoms with van der Waals surface area (Å²) in [6, 6.07) is 5.39. The second kappa shape index (κ2) is 5.03. The Bertz CT molecular complexity index is 317. The molecular formula is C11H12O3. The van der Waals surface area contributed by atoms with E-state index in [9.17, 15) is 0 Å². The fourth-order valence-corrected chi connectivity index (χ4v) is 1.07. The van der Waals surface area contributed by atoms with Crippen LogP contribution in [0.5, 0.6) is 17.2 Å². The monoisotopic (exact) mass is 192 g/mol. The van der Waals surface area contributed by atoms with Crippen LogP contribution in [0.1, 0.15) is 0 Å². The van der Waals surface area contributed by atoms with Crippen molar-refractivity contribution in [2.24, 2.45) is 0 Å². The van der Waals surface area contributed by atoms with Crippen molar-refractivity contribution in [3.8, 4) is 29.6 Å². The first-order chi connectivity index (χ1) is 6.83. The van der Waals surface area contributed by atoms with E-state index >= 15 is 0 Å². The summed E-state index contributed by atoms with van der Waals surface area (Å²) in [6.07, 6.45) is 5.10. The van der Waals surface area contributed by atoms with Crippen LogP contribution in [0, 0.1) is 12.3 Å². The number of ether oxygens (including phenoxy) is 3. The zero-order valence-electron chi connectivity index (χ0n) is 8.24. The number of methoxy groups -OCH3 is 2. The minimum absolute atomic E-state index is 0.191. The van der Waals surface area contributed by atoms with E-state index in [1.807, 2.05) is 6.07 Å². The largest absolute Gasteiger partial charge is 0.493 e. The van der Waals surface area contributed by atoms with E-state index in [-0.39, 0.29) is 6.61 Å². The third kappa shape index (κ3) is 2.11. The molecule has 3 heteroatoms. The molecule has 0 atom stereocenters. The molecule has 14 heavy (non-hydrogen) atoms. The summed E-state index contributed by atoms with van der Waals surface area (Å²) >= 11 is 0. The van der Waals surface area contributed by atoms with Gasteiger partial charge in [0.1, 0.15) is 6.61 Å². The van der Waals surface area contributed by atoms with E-state index in [4.69, 9.17) is 20.6 Å². The van der Waals surface area contributed by atoms with Gasteiger partial charge >= 0.3 is 0 Å². The van der Waals surface area contributed by atoms with E-state index in [0.29, 0.717) is 17.2 Å². The Hall–Kier alpha value is -1.82. The van der Waals surface area contributed by atoms with Crippen LogP contribution in [0.4, 0.5) is 0 Å². The molecule has 0 saturated carbocycles. The number of benzene rings is 1. The van der Waals surface area contributed by atoms with Crippen LogP contribution in [0.2, 0.25) is 0 Å². The Morgan fingerprint density at radius 3 is 2.21 bits per heavy atom. The van der Waals surface area contributed by atoms with Gasteiger partial charge < -0.3 is 14.2 Å². The van der Waals surface area contributed by atoms with Crippen LogP contribution in [-0.4, -0.2) is 20.8 Å². The van der Waals surface area contributed by atoms with Crippen LogP contribution in [-0.2, 0) is 0 Å². The molecule has 0 fully saturated rings. The Kier molecular flexibility index (Phi) is 3.69. The molecule has 0 N–H and O–H groups in total. The molecule has 0 unspecified atom stereocenters. The Balaban J connectivity index is 3.00. The van der Waals surface area contributed by atoms with Crippen molar-refractivity contribution in [3.63, 3.8) is 0 Å². The maximum absolute atomic E-state index is 5.31. The van der Waals surface area contributed by atoms with Gasteiger partial charge in [-0.25, -0.2) is 0 Å². The van der Waals surface area contributed by atoms with Gasteiger partial charge in [0.2, 0.25) is 5.75 Å². The molecule has 1 aromatic rings. The molecule has 0 aromatic heterocycles. The summed E-state index contributed by atoms with van der Waals surface area (Å²) in [5, 5.41) is 0. The summed E-state index contributed by atoms with van der Waals surface area (Å²) in [5.74, 6) is 4.14. The average Bonchev–Trinajstić information content (AvgIpc) is 2.25. The molecule has 74 valence electrons. The Labute approximate surface area is 83.6 Å². The van der Waals surface area contributed by atoms with Crippen molar-refractivity contribution >= 4 is 0 Å². The van der Waals surface area contributed by atoms with Gasteiger partial charge in [-0.15, -0.1) is 6.42 Å². The standard InChI is InChI=1S/C11H12O3/c1-4-8-14-11-9(12-2)6-5-7-10(11)13-3/h1,5-7H,8H2,2-3H3. The average molecular weight is 192 g/mol. The van der Waals surface area contributed by atoms with Gasteiger partial charge in [0, 0.05) is 0 Å². The maximum Gasteiger partial charge on any atom is 0.204 e. The second-order valence-electron chi connectivity index (χ2n) is 2.48. The molecule has 1 rings (SSSR count). The van der Waals surface area contributed by atoms with Gasteiger partial charge in [0.15, 0.2) is 11.5 Å². The molecule has 0 aliphatic carbocycles. The molecule has 0 spiro atoms. The summed E-state index contributed by atoms with van der Waals surface area (Å²) in [4.78, 5) is 0. The zero-order chi connectivity index (χ0) is 10.4. The van der Waals surface area contributed by atoms with Gasteiger partial charge in [-0.1, -0.05) is 12.0 Å². The maximum atomic E-state index is 5.31. The van der Waals surface area contributed by atoms with Gasteiger partial charge in [0.05, 0.1) is 14.2 Å². The van der Waals surface area contributed by atoms with E-state index in [1.165, 1.54) is 0 Å². The minimum atomic E-state index is 0.191. The third-order valence-corrected chi connectivity index (χ3v) is 1.68. The molecule has 1 aromatic carbocycles. The number of terminal acetylenes is 1. The first-order valence-electron chi connectivity index (χ1n) is 4.10. The minimum Gasteiger partial charge on any atom is -0.493 e. The molecule has 0 saturated heterocycles.